The number of nitrogens with one attached hydrogen (secondary N) is 3. The highest BCUT2D eigenvalue weighted by molar-refractivity contribution is 5.88. The summed E-state index contributed by atoms with van der Waals surface area (Å²) in [4.78, 5) is 25.3. The summed E-state index contributed by atoms with van der Waals surface area (Å²) in [6.07, 6.45) is -1.35. The molecular formula is C26H25F2N3O3. The standard InChI is InChI=1S/C26H25F2N3O3/c1-15(29-22(32)13-16-11-18(27)14-19(28)12-16)25(33)31-24-23(17-7-3-2-4-8-17)20-9-5-6-10-21(20)30-26(24)34/h2-12,14-15,23-24,26,30,34H,13H2,1H3,(H,29,32)(H,31,33)/t15-,23?,24?,26?/m0/s1. The van der Waals surface area contributed by atoms with Crippen LogP contribution in [0.4, 0.5) is 14.5 Å². The third kappa shape index (κ3) is 5.23. The van der Waals surface area contributed by atoms with Gasteiger partial charge in [-0.3, -0.25) is 9.59 Å². The maximum Gasteiger partial charge on any atom is 0.242 e. The lowest BCUT2D eigenvalue weighted by molar-refractivity contribution is -0.129. The maximum atomic E-state index is 13.4. The van der Waals surface area contributed by atoms with E-state index in [2.05, 4.69) is 16.0 Å². The number of rotatable bonds is 6. The lowest BCUT2D eigenvalue weighted by atomic mass is 9.80. The van der Waals surface area contributed by atoms with Crippen LogP contribution in [0, 0.1) is 11.6 Å². The third-order valence-corrected chi connectivity index (χ3v) is 5.82. The molecule has 0 saturated heterocycles. The van der Waals surface area contributed by atoms with Crippen LogP contribution < -0.4 is 16.0 Å². The van der Waals surface area contributed by atoms with Gasteiger partial charge >= 0.3 is 0 Å². The van der Waals surface area contributed by atoms with Gasteiger partial charge in [0.05, 0.1) is 12.5 Å². The van der Waals surface area contributed by atoms with Gasteiger partial charge < -0.3 is 21.1 Å². The van der Waals surface area contributed by atoms with Gasteiger partial charge in [-0.25, -0.2) is 8.78 Å². The molecule has 2 amide bonds. The maximum absolute atomic E-state index is 13.4. The molecular weight excluding hydrogens is 440 g/mol. The largest absolute Gasteiger partial charge is 0.372 e. The monoisotopic (exact) mass is 465 g/mol. The number of aliphatic hydroxyl groups excluding tert-OH is 1. The Labute approximate surface area is 196 Å². The van der Waals surface area contributed by atoms with Gasteiger partial charge in [0, 0.05) is 17.7 Å². The minimum absolute atomic E-state index is 0.162. The number of anilines is 1. The molecule has 3 unspecified atom stereocenters. The van der Waals surface area contributed by atoms with Crippen LogP contribution >= 0.6 is 0 Å². The lowest BCUT2D eigenvalue weighted by Gasteiger charge is -2.39. The van der Waals surface area contributed by atoms with Crippen LogP contribution in [0.1, 0.15) is 29.5 Å². The van der Waals surface area contributed by atoms with Crippen molar-refractivity contribution in [2.24, 2.45) is 0 Å². The highest BCUT2D eigenvalue weighted by atomic mass is 19.1. The SMILES string of the molecule is C[C@H](NC(=O)Cc1cc(F)cc(F)c1)C(=O)NC1C(O)Nc2ccccc2C1c1ccccc1. The summed E-state index contributed by atoms with van der Waals surface area (Å²) in [6, 6.07) is 18.3. The van der Waals surface area contributed by atoms with Crippen molar-refractivity contribution in [3.63, 3.8) is 0 Å². The summed E-state index contributed by atoms with van der Waals surface area (Å²) in [5.74, 6) is -2.93. The lowest BCUT2D eigenvalue weighted by Crippen LogP contribution is -2.57. The normalized spacial score (nSPS) is 19.9. The number of halogens is 2. The van der Waals surface area contributed by atoms with Gasteiger partial charge in [-0.2, -0.15) is 0 Å². The molecule has 0 fully saturated rings. The molecule has 6 nitrogen and oxygen atoms in total. The molecule has 8 heteroatoms. The van der Waals surface area contributed by atoms with Crippen molar-refractivity contribution < 1.29 is 23.5 Å². The molecule has 4 atom stereocenters. The highest BCUT2D eigenvalue weighted by Crippen LogP contribution is 2.38. The van der Waals surface area contributed by atoms with Crippen molar-refractivity contribution in [1.82, 2.24) is 10.6 Å². The van der Waals surface area contributed by atoms with Gasteiger partial charge in [-0.15, -0.1) is 0 Å². The minimum atomic E-state index is -1.07. The Morgan fingerprint density at radius 1 is 1.00 bits per heavy atom. The van der Waals surface area contributed by atoms with E-state index in [0.717, 1.165) is 35.0 Å². The molecule has 3 aromatic carbocycles. The van der Waals surface area contributed by atoms with E-state index in [9.17, 15) is 23.5 Å². The number of fused-ring (bicyclic) bond motifs is 1. The molecule has 4 N–H and O–H groups in total. The number of hydrogen-bond donors (Lipinski definition) is 4. The van der Waals surface area contributed by atoms with Gasteiger partial charge in [-0.05, 0) is 41.8 Å². The summed E-state index contributed by atoms with van der Waals surface area (Å²) in [7, 11) is 0. The number of benzene rings is 3. The van der Waals surface area contributed by atoms with E-state index in [1.165, 1.54) is 6.92 Å². The number of carbonyl (C=O) groups is 2. The molecule has 1 aliphatic rings. The van der Waals surface area contributed by atoms with Gasteiger partial charge in [0.1, 0.15) is 23.9 Å². The van der Waals surface area contributed by atoms with E-state index in [-0.39, 0.29) is 17.9 Å². The van der Waals surface area contributed by atoms with Gasteiger partial charge in [0.15, 0.2) is 0 Å². The molecule has 34 heavy (non-hydrogen) atoms. The smallest absolute Gasteiger partial charge is 0.242 e. The fraction of sp³-hybridized carbons (Fsp3) is 0.231. The summed E-state index contributed by atoms with van der Waals surface area (Å²) < 4.78 is 26.8. The average Bonchev–Trinajstić information content (AvgIpc) is 2.79. The molecule has 0 aromatic heterocycles. The zero-order valence-electron chi connectivity index (χ0n) is 18.5. The first-order valence-corrected chi connectivity index (χ1v) is 10.9. The van der Waals surface area contributed by atoms with E-state index in [1.54, 1.807) is 0 Å². The van der Waals surface area contributed by atoms with Crippen LogP contribution in [0.5, 0.6) is 0 Å². The Morgan fingerprint density at radius 3 is 2.35 bits per heavy atom. The summed E-state index contributed by atoms with van der Waals surface area (Å²) in [6.45, 7) is 1.51. The average molecular weight is 466 g/mol. The molecule has 0 aliphatic carbocycles. The molecule has 0 spiro atoms. The second-order valence-electron chi connectivity index (χ2n) is 8.34. The Hall–Kier alpha value is -3.78. The molecule has 176 valence electrons. The van der Waals surface area contributed by atoms with Crippen LogP contribution in [-0.2, 0) is 16.0 Å². The molecule has 3 aromatic rings. The second kappa shape index (κ2) is 10.0. The van der Waals surface area contributed by atoms with Crippen molar-refractivity contribution in [2.75, 3.05) is 5.32 Å². The van der Waals surface area contributed by atoms with Crippen molar-refractivity contribution in [3.8, 4) is 0 Å². The Bertz CT molecular complexity index is 1170. The van der Waals surface area contributed by atoms with Crippen molar-refractivity contribution in [3.05, 3.63) is 101 Å². The van der Waals surface area contributed by atoms with Crippen LogP contribution in [0.15, 0.2) is 72.8 Å². The van der Waals surface area contributed by atoms with Crippen LogP contribution in [0.2, 0.25) is 0 Å². The number of carbonyl (C=O) groups excluding carboxylic acids is 2. The van der Waals surface area contributed by atoms with E-state index in [0.29, 0.717) is 0 Å². The zero-order valence-corrected chi connectivity index (χ0v) is 18.5. The Morgan fingerprint density at radius 2 is 1.65 bits per heavy atom. The first kappa shape index (κ1) is 23.4. The van der Waals surface area contributed by atoms with Gasteiger partial charge in [0.2, 0.25) is 11.8 Å². The predicted octanol–water partition coefficient (Wildman–Crippen LogP) is 3.07. The number of para-hydroxylation sites is 1. The highest BCUT2D eigenvalue weighted by Gasteiger charge is 2.38. The van der Waals surface area contributed by atoms with E-state index in [4.69, 9.17) is 0 Å². The summed E-state index contributed by atoms with van der Waals surface area (Å²) in [5.41, 5.74) is 2.79. The quantitative estimate of drug-likeness (QED) is 0.451. The van der Waals surface area contributed by atoms with E-state index < -0.39 is 41.8 Å². The van der Waals surface area contributed by atoms with E-state index >= 15 is 0 Å². The van der Waals surface area contributed by atoms with Gasteiger partial charge in [-0.1, -0.05) is 48.5 Å². The third-order valence-electron chi connectivity index (χ3n) is 5.82. The minimum Gasteiger partial charge on any atom is -0.372 e. The molecule has 1 aliphatic heterocycles. The number of amides is 2. The topological polar surface area (TPSA) is 90.5 Å². The first-order chi connectivity index (χ1) is 16.3. The van der Waals surface area contributed by atoms with Crippen LogP contribution in [0.3, 0.4) is 0 Å². The molecule has 0 bridgehead atoms. The summed E-state index contributed by atoms with van der Waals surface area (Å²) >= 11 is 0. The number of hydrogen-bond acceptors (Lipinski definition) is 4. The summed E-state index contributed by atoms with van der Waals surface area (Å²) in [5, 5.41) is 19.2. The zero-order chi connectivity index (χ0) is 24.2. The van der Waals surface area contributed by atoms with Crippen molar-refractivity contribution in [2.45, 2.75) is 37.6 Å². The second-order valence-corrected chi connectivity index (χ2v) is 8.34. The van der Waals surface area contributed by atoms with Crippen molar-refractivity contribution in [1.29, 1.82) is 0 Å². The Balaban J connectivity index is 1.48. The molecule has 1 heterocycles. The fourth-order valence-corrected chi connectivity index (χ4v) is 4.28. The van der Waals surface area contributed by atoms with E-state index in [1.807, 2.05) is 54.6 Å². The molecule has 0 saturated carbocycles. The molecule has 4 rings (SSSR count). The predicted molar refractivity (Wildman–Crippen MR) is 124 cm³/mol. The Kier molecular flexibility index (Phi) is 6.88. The molecule has 0 radical (unpaired) electrons. The van der Waals surface area contributed by atoms with Crippen LogP contribution in [0.25, 0.3) is 0 Å². The fourth-order valence-electron chi connectivity index (χ4n) is 4.28. The first-order valence-electron chi connectivity index (χ1n) is 10.9. The van der Waals surface area contributed by atoms with Crippen molar-refractivity contribution >= 4 is 17.5 Å². The number of aliphatic hydroxyl groups is 1. The van der Waals surface area contributed by atoms with Gasteiger partial charge in [0.25, 0.3) is 0 Å². The van der Waals surface area contributed by atoms with Crippen LogP contribution in [-0.4, -0.2) is 35.2 Å².